The molecule has 6 N–H and O–H groups in total. The van der Waals surface area contributed by atoms with Gasteiger partial charge in [-0.05, 0) is 25.2 Å². The van der Waals surface area contributed by atoms with E-state index in [1.807, 2.05) is 27.7 Å². The molecule has 9 nitrogen and oxygen atoms in total. The minimum absolute atomic E-state index is 0.0185. The molecule has 0 aliphatic rings. The normalized spacial score (nSPS) is 15.5. The average Bonchev–Trinajstić information content (AvgIpc) is 2.56. The lowest BCUT2D eigenvalue weighted by molar-refractivity contribution is -0.141. The van der Waals surface area contributed by atoms with Crippen LogP contribution in [-0.2, 0) is 19.2 Å². The van der Waals surface area contributed by atoms with Gasteiger partial charge >= 0.3 is 5.97 Å². The zero-order chi connectivity index (χ0) is 20.4. The van der Waals surface area contributed by atoms with Crippen LogP contribution >= 0.6 is 0 Å². The van der Waals surface area contributed by atoms with Crippen LogP contribution < -0.4 is 21.7 Å². The highest BCUT2D eigenvalue weighted by Crippen LogP contribution is 2.06. The largest absolute Gasteiger partial charge is 0.480 e. The molecule has 26 heavy (non-hydrogen) atoms. The van der Waals surface area contributed by atoms with Crippen LogP contribution in [0.4, 0.5) is 0 Å². The first-order valence-electron chi connectivity index (χ1n) is 8.85. The average molecular weight is 372 g/mol. The molecule has 9 heteroatoms. The Bertz CT molecular complexity index is 509. The fourth-order valence-corrected chi connectivity index (χ4v) is 2.12. The van der Waals surface area contributed by atoms with Gasteiger partial charge in [-0.15, -0.1) is 0 Å². The van der Waals surface area contributed by atoms with E-state index in [-0.39, 0.29) is 18.4 Å². The topological polar surface area (TPSA) is 151 Å². The number of hydrogen-bond acceptors (Lipinski definition) is 5. The van der Waals surface area contributed by atoms with E-state index in [1.54, 1.807) is 0 Å². The third kappa shape index (κ3) is 8.80. The Kier molecular flexibility index (Phi) is 10.5. The van der Waals surface area contributed by atoms with Crippen LogP contribution in [0.25, 0.3) is 0 Å². The van der Waals surface area contributed by atoms with Crippen molar-refractivity contribution in [2.45, 2.75) is 65.6 Å². The minimum atomic E-state index is -1.17. The lowest BCUT2D eigenvalue weighted by atomic mass is 9.99. The van der Waals surface area contributed by atoms with Crippen LogP contribution in [0, 0.1) is 11.8 Å². The number of rotatable bonds is 11. The fourth-order valence-electron chi connectivity index (χ4n) is 2.12. The van der Waals surface area contributed by atoms with Crippen LogP contribution in [-0.4, -0.2) is 53.5 Å². The Labute approximate surface area is 154 Å². The van der Waals surface area contributed by atoms with Crippen LogP contribution in [0.3, 0.4) is 0 Å². The Morgan fingerprint density at radius 1 is 1.00 bits per heavy atom. The number of nitrogens with one attached hydrogen (secondary N) is 3. The van der Waals surface area contributed by atoms with E-state index >= 15 is 0 Å². The monoisotopic (exact) mass is 372 g/mol. The number of carbonyl (C=O) groups excluding carboxylic acids is 3. The number of aliphatic carboxylic acids is 1. The lowest BCUT2D eigenvalue weighted by Gasteiger charge is -2.22. The van der Waals surface area contributed by atoms with E-state index in [2.05, 4.69) is 16.0 Å². The highest BCUT2D eigenvalue weighted by molar-refractivity contribution is 5.92. The molecule has 0 aliphatic carbocycles. The molecule has 150 valence electrons. The molecule has 0 aromatic rings. The maximum Gasteiger partial charge on any atom is 0.325 e. The van der Waals surface area contributed by atoms with Crippen LogP contribution in [0.2, 0.25) is 0 Å². The summed E-state index contributed by atoms with van der Waals surface area (Å²) in [6, 6.07) is -2.66. The standard InChI is InChI=1S/C17H32N4O5/c1-6-10(4)14(18)16(24)19-8-13(22)21-12(7-9(2)3)15(23)20-11(5)17(25)26/h9-12,14H,6-8,18H2,1-5H3,(H,19,24)(H,20,23)(H,21,22)(H,25,26). The van der Waals surface area contributed by atoms with Gasteiger partial charge in [-0.2, -0.15) is 0 Å². The summed E-state index contributed by atoms with van der Waals surface area (Å²) in [5, 5.41) is 16.2. The fraction of sp³-hybridized carbons (Fsp3) is 0.765. The Morgan fingerprint density at radius 3 is 2.04 bits per heavy atom. The van der Waals surface area contributed by atoms with E-state index < -0.39 is 41.8 Å². The van der Waals surface area contributed by atoms with Crippen molar-refractivity contribution in [2.75, 3.05) is 6.54 Å². The van der Waals surface area contributed by atoms with Gasteiger partial charge in [-0.3, -0.25) is 19.2 Å². The van der Waals surface area contributed by atoms with Gasteiger partial charge in [0.2, 0.25) is 17.7 Å². The maximum atomic E-state index is 12.2. The van der Waals surface area contributed by atoms with Crippen LogP contribution in [0.1, 0.15) is 47.5 Å². The molecule has 0 heterocycles. The molecule has 4 unspecified atom stereocenters. The third-order valence-corrected chi connectivity index (χ3v) is 4.07. The molecule has 0 aromatic heterocycles. The summed E-state index contributed by atoms with van der Waals surface area (Å²) in [5.74, 6) is -2.64. The second-order valence-electron chi connectivity index (χ2n) is 6.95. The predicted molar refractivity (Wildman–Crippen MR) is 97.1 cm³/mol. The number of nitrogens with two attached hydrogens (primary N) is 1. The second-order valence-corrected chi connectivity index (χ2v) is 6.95. The summed E-state index contributed by atoms with van der Waals surface area (Å²) in [6.45, 7) is 8.54. The third-order valence-electron chi connectivity index (χ3n) is 4.07. The van der Waals surface area contributed by atoms with Gasteiger partial charge in [0.1, 0.15) is 12.1 Å². The number of carboxylic acid groups (broad SMARTS) is 1. The van der Waals surface area contributed by atoms with Crippen molar-refractivity contribution < 1.29 is 24.3 Å². The zero-order valence-electron chi connectivity index (χ0n) is 16.2. The molecule has 0 fully saturated rings. The minimum Gasteiger partial charge on any atom is -0.480 e. The van der Waals surface area contributed by atoms with Crippen molar-refractivity contribution in [1.82, 2.24) is 16.0 Å². The molecule has 0 radical (unpaired) electrons. The van der Waals surface area contributed by atoms with Gasteiger partial charge in [0.05, 0.1) is 12.6 Å². The van der Waals surface area contributed by atoms with Gasteiger partial charge in [0.25, 0.3) is 0 Å². The summed E-state index contributed by atoms with van der Waals surface area (Å²) in [5.41, 5.74) is 5.79. The molecule has 4 atom stereocenters. The SMILES string of the molecule is CCC(C)C(N)C(=O)NCC(=O)NC(CC(C)C)C(=O)NC(C)C(=O)O. The number of carbonyl (C=O) groups is 4. The zero-order valence-corrected chi connectivity index (χ0v) is 16.2. The first kappa shape index (κ1) is 23.8. The Balaban J connectivity index is 4.71. The van der Waals surface area contributed by atoms with E-state index in [0.717, 1.165) is 6.42 Å². The number of carboxylic acids is 1. The molecule has 0 saturated carbocycles. The molecule has 0 spiro atoms. The summed E-state index contributed by atoms with van der Waals surface area (Å²) in [6.07, 6.45) is 1.07. The number of amides is 3. The first-order valence-corrected chi connectivity index (χ1v) is 8.85. The van der Waals surface area contributed by atoms with E-state index in [0.29, 0.717) is 6.42 Å². The van der Waals surface area contributed by atoms with E-state index in [9.17, 15) is 19.2 Å². The summed E-state index contributed by atoms with van der Waals surface area (Å²) >= 11 is 0. The van der Waals surface area contributed by atoms with Gasteiger partial charge in [0.15, 0.2) is 0 Å². The van der Waals surface area contributed by atoms with Crippen molar-refractivity contribution in [3.8, 4) is 0 Å². The summed E-state index contributed by atoms with van der Waals surface area (Å²) in [4.78, 5) is 47.0. The van der Waals surface area contributed by atoms with E-state index in [1.165, 1.54) is 6.92 Å². The number of hydrogen-bond donors (Lipinski definition) is 5. The molecular formula is C17H32N4O5. The molecule has 0 saturated heterocycles. The molecule has 0 aromatic carbocycles. The molecule has 0 aliphatic heterocycles. The molecule has 0 bridgehead atoms. The van der Waals surface area contributed by atoms with E-state index in [4.69, 9.17) is 10.8 Å². The lowest BCUT2D eigenvalue weighted by Crippen LogP contribution is -2.53. The smallest absolute Gasteiger partial charge is 0.325 e. The van der Waals surface area contributed by atoms with Gasteiger partial charge in [0, 0.05) is 0 Å². The van der Waals surface area contributed by atoms with Crippen molar-refractivity contribution in [3.63, 3.8) is 0 Å². The predicted octanol–water partition coefficient (Wildman–Crippen LogP) is -0.404. The Hall–Kier alpha value is -2.16. The summed E-state index contributed by atoms with van der Waals surface area (Å²) in [7, 11) is 0. The molecular weight excluding hydrogens is 340 g/mol. The van der Waals surface area contributed by atoms with Crippen LogP contribution in [0.15, 0.2) is 0 Å². The van der Waals surface area contributed by atoms with Crippen molar-refractivity contribution >= 4 is 23.7 Å². The van der Waals surface area contributed by atoms with Gasteiger partial charge < -0.3 is 26.8 Å². The highest BCUT2D eigenvalue weighted by Gasteiger charge is 2.25. The highest BCUT2D eigenvalue weighted by atomic mass is 16.4. The van der Waals surface area contributed by atoms with Crippen molar-refractivity contribution in [2.24, 2.45) is 17.6 Å². The molecule has 0 rings (SSSR count). The van der Waals surface area contributed by atoms with Gasteiger partial charge in [-0.1, -0.05) is 34.1 Å². The second kappa shape index (κ2) is 11.5. The summed E-state index contributed by atoms with van der Waals surface area (Å²) < 4.78 is 0. The van der Waals surface area contributed by atoms with Crippen molar-refractivity contribution in [3.05, 3.63) is 0 Å². The van der Waals surface area contributed by atoms with Gasteiger partial charge in [-0.25, -0.2) is 0 Å². The van der Waals surface area contributed by atoms with Crippen LogP contribution in [0.5, 0.6) is 0 Å². The maximum absolute atomic E-state index is 12.2. The Morgan fingerprint density at radius 2 is 1.58 bits per heavy atom. The molecule has 3 amide bonds. The first-order chi connectivity index (χ1) is 12.0. The quantitative estimate of drug-likeness (QED) is 0.333. The van der Waals surface area contributed by atoms with Crippen molar-refractivity contribution in [1.29, 1.82) is 0 Å².